The molecule has 0 radical (unpaired) electrons. The molecule has 2 aromatic heterocycles. The maximum Gasteiger partial charge on any atom is 0.203 e. The molecular formula is C15H22N6O. The smallest absolute Gasteiger partial charge is 0.203 e. The van der Waals surface area contributed by atoms with Crippen LogP contribution < -0.4 is 4.90 Å². The number of rotatable bonds is 2. The Hall–Kier alpha value is -1.73. The van der Waals surface area contributed by atoms with Gasteiger partial charge in [0.1, 0.15) is 5.82 Å². The minimum absolute atomic E-state index is 0.587. The number of aryl methyl sites for hydroxylation is 1. The molecular weight excluding hydrogens is 280 g/mol. The van der Waals surface area contributed by atoms with E-state index in [1.807, 2.05) is 23.7 Å². The van der Waals surface area contributed by atoms with Crippen molar-refractivity contribution >= 4 is 11.5 Å². The summed E-state index contributed by atoms with van der Waals surface area (Å²) >= 11 is 0. The summed E-state index contributed by atoms with van der Waals surface area (Å²) in [5, 5.41) is 8.49. The van der Waals surface area contributed by atoms with E-state index in [1.54, 1.807) is 0 Å². The predicted octanol–water partition coefficient (Wildman–Crippen LogP) is 0.734. The lowest BCUT2D eigenvalue weighted by Crippen LogP contribution is -2.51. The van der Waals surface area contributed by atoms with E-state index < -0.39 is 0 Å². The zero-order valence-corrected chi connectivity index (χ0v) is 13.0. The van der Waals surface area contributed by atoms with Crippen LogP contribution in [0.1, 0.15) is 18.7 Å². The van der Waals surface area contributed by atoms with Crippen LogP contribution in [0.25, 0.3) is 5.65 Å². The molecule has 0 aromatic carbocycles. The Labute approximate surface area is 129 Å². The number of hydrogen-bond acceptors (Lipinski definition) is 6. The van der Waals surface area contributed by atoms with Gasteiger partial charge in [0.05, 0.1) is 13.2 Å². The molecule has 7 nitrogen and oxygen atoms in total. The fourth-order valence-corrected chi connectivity index (χ4v) is 3.54. The zero-order chi connectivity index (χ0) is 14.9. The predicted molar refractivity (Wildman–Crippen MR) is 83.1 cm³/mol. The highest BCUT2D eigenvalue weighted by atomic mass is 16.5. The summed E-state index contributed by atoms with van der Waals surface area (Å²) in [7, 11) is 0. The third-order valence-corrected chi connectivity index (χ3v) is 4.74. The Morgan fingerprint density at radius 2 is 2.05 bits per heavy atom. The maximum absolute atomic E-state index is 5.47. The number of nitrogens with zero attached hydrogens (tertiary/aromatic N) is 6. The highest BCUT2D eigenvalue weighted by molar-refractivity contribution is 5.64. The molecule has 118 valence electrons. The third kappa shape index (κ3) is 2.44. The number of hydrogen-bond donors (Lipinski definition) is 0. The number of anilines is 1. The van der Waals surface area contributed by atoms with Gasteiger partial charge in [-0.15, -0.1) is 10.2 Å². The van der Waals surface area contributed by atoms with Crippen LogP contribution >= 0.6 is 0 Å². The van der Waals surface area contributed by atoms with Gasteiger partial charge in [-0.1, -0.05) is 0 Å². The Morgan fingerprint density at radius 1 is 1.18 bits per heavy atom. The molecule has 7 heteroatoms. The summed E-state index contributed by atoms with van der Waals surface area (Å²) in [6.07, 6.45) is 6.22. The monoisotopic (exact) mass is 302 g/mol. The van der Waals surface area contributed by atoms with E-state index in [9.17, 15) is 0 Å². The van der Waals surface area contributed by atoms with Crippen LogP contribution in [0.3, 0.4) is 0 Å². The molecule has 0 spiro atoms. The van der Waals surface area contributed by atoms with E-state index in [-0.39, 0.29) is 0 Å². The molecule has 2 aromatic rings. The van der Waals surface area contributed by atoms with Gasteiger partial charge in [0, 0.05) is 44.6 Å². The molecule has 0 N–H and O–H groups in total. The summed E-state index contributed by atoms with van der Waals surface area (Å²) in [6, 6.07) is 0.587. The lowest BCUT2D eigenvalue weighted by Gasteiger charge is -2.41. The van der Waals surface area contributed by atoms with Crippen molar-refractivity contribution < 1.29 is 4.74 Å². The summed E-state index contributed by atoms with van der Waals surface area (Å²) < 4.78 is 7.49. The second-order valence-electron chi connectivity index (χ2n) is 6.08. The van der Waals surface area contributed by atoms with Crippen LogP contribution in [0.2, 0.25) is 0 Å². The SMILES string of the molecule is Cc1nnc2c(N3CCCC(N4CCOCC4)C3)nccn12. The van der Waals surface area contributed by atoms with Gasteiger partial charge in [-0.2, -0.15) is 0 Å². The lowest BCUT2D eigenvalue weighted by molar-refractivity contribution is 0.0137. The van der Waals surface area contributed by atoms with Crippen LogP contribution in [0.15, 0.2) is 12.4 Å². The minimum Gasteiger partial charge on any atom is -0.379 e. The van der Waals surface area contributed by atoms with Gasteiger partial charge in [-0.25, -0.2) is 4.98 Å². The largest absolute Gasteiger partial charge is 0.379 e. The molecule has 1 unspecified atom stereocenters. The summed E-state index contributed by atoms with van der Waals surface area (Å²) in [4.78, 5) is 9.51. The van der Waals surface area contributed by atoms with Crippen LogP contribution in [0.4, 0.5) is 5.82 Å². The molecule has 2 saturated heterocycles. The van der Waals surface area contributed by atoms with Crippen molar-refractivity contribution in [2.75, 3.05) is 44.3 Å². The third-order valence-electron chi connectivity index (χ3n) is 4.74. The first-order chi connectivity index (χ1) is 10.8. The molecule has 4 heterocycles. The Bertz CT molecular complexity index is 651. The highest BCUT2D eigenvalue weighted by Crippen LogP contribution is 2.24. The Balaban J connectivity index is 1.58. The summed E-state index contributed by atoms with van der Waals surface area (Å²) in [5.41, 5.74) is 0.864. The molecule has 0 aliphatic carbocycles. The van der Waals surface area contributed by atoms with Gasteiger partial charge in [0.2, 0.25) is 5.65 Å². The number of piperidine rings is 1. The van der Waals surface area contributed by atoms with Crippen LogP contribution in [0.5, 0.6) is 0 Å². The zero-order valence-electron chi connectivity index (χ0n) is 13.0. The first-order valence-corrected chi connectivity index (χ1v) is 8.06. The Kier molecular flexibility index (Phi) is 3.67. The molecule has 22 heavy (non-hydrogen) atoms. The van der Waals surface area contributed by atoms with Crippen molar-refractivity contribution in [1.29, 1.82) is 0 Å². The van der Waals surface area contributed by atoms with Gasteiger partial charge < -0.3 is 9.64 Å². The second kappa shape index (κ2) is 5.81. The van der Waals surface area contributed by atoms with E-state index in [4.69, 9.17) is 4.74 Å². The van der Waals surface area contributed by atoms with Gasteiger partial charge in [-0.05, 0) is 19.8 Å². The number of aromatic nitrogens is 4. The van der Waals surface area contributed by atoms with E-state index in [0.29, 0.717) is 6.04 Å². The van der Waals surface area contributed by atoms with Crippen LogP contribution in [0, 0.1) is 6.92 Å². The average molecular weight is 302 g/mol. The summed E-state index contributed by atoms with van der Waals surface area (Å²) in [6.45, 7) is 7.82. The van der Waals surface area contributed by atoms with E-state index in [1.165, 1.54) is 12.8 Å². The number of fused-ring (bicyclic) bond motifs is 1. The molecule has 1 atom stereocenters. The standard InChI is InChI=1S/C15H22N6O/c1-12-17-18-15-14(16-4-6-21(12)15)20-5-2-3-13(11-20)19-7-9-22-10-8-19/h4,6,13H,2-3,5,7-11H2,1H3. The molecule has 0 amide bonds. The van der Waals surface area contributed by atoms with E-state index in [2.05, 4.69) is 25.0 Å². The molecule has 2 aliphatic heterocycles. The van der Waals surface area contributed by atoms with Gasteiger partial charge >= 0.3 is 0 Å². The molecule has 0 bridgehead atoms. The molecule has 2 fully saturated rings. The maximum atomic E-state index is 5.47. The second-order valence-corrected chi connectivity index (χ2v) is 6.08. The van der Waals surface area contributed by atoms with Crippen molar-refractivity contribution in [2.45, 2.75) is 25.8 Å². The molecule has 4 rings (SSSR count). The Morgan fingerprint density at radius 3 is 2.91 bits per heavy atom. The highest BCUT2D eigenvalue weighted by Gasteiger charge is 2.28. The first-order valence-electron chi connectivity index (χ1n) is 8.06. The van der Waals surface area contributed by atoms with Crippen LogP contribution in [-0.4, -0.2) is 69.9 Å². The van der Waals surface area contributed by atoms with Crippen LogP contribution in [-0.2, 0) is 4.74 Å². The van der Waals surface area contributed by atoms with Crippen molar-refractivity contribution in [1.82, 2.24) is 24.5 Å². The van der Waals surface area contributed by atoms with Gasteiger partial charge in [-0.3, -0.25) is 9.30 Å². The van der Waals surface area contributed by atoms with E-state index in [0.717, 1.165) is 56.7 Å². The summed E-state index contributed by atoms with van der Waals surface area (Å²) in [5.74, 6) is 1.86. The van der Waals surface area contributed by atoms with Gasteiger partial charge in [0.15, 0.2) is 5.82 Å². The molecule has 0 saturated carbocycles. The lowest BCUT2D eigenvalue weighted by atomic mass is 10.0. The van der Waals surface area contributed by atoms with Crippen molar-refractivity contribution in [2.24, 2.45) is 0 Å². The number of ether oxygens (including phenoxy) is 1. The normalized spacial score (nSPS) is 24.0. The van der Waals surface area contributed by atoms with Gasteiger partial charge in [0.25, 0.3) is 0 Å². The topological polar surface area (TPSA) is 58.8 Å². The minimum atomic E-state index is 0.587. The van der Waals surface area contributed by atoms with Crippen molar-refractivity contribution in [3.63, 3.8) is 0 Å². The quantitative estimate of drug-likeness (QED) is 0.815. The first kappa shape index (κ1) is 13.9. The fraction of sp³-hybridized carbons (Fsp3) is 0.667. The van der Waals surface area contributed by atoms with E-state index >= 15 is 0 Å². The number of morpholine rings is 1. The average Bonchev–Trinajstić information content (AvgIpc) is 2.97. The van der Waals surface area contributed by atoms with Crippen molar-refractivity contribution in [3.05, 3.63) is 18.2 Å². The fourth-order valence-electron chi connectivity index (χ4n) is 3.54. The van der Waals surface area contributed by atoms with Crippen molar-refractivity contribution in [3.8, 4) is 0 Å². The molecule has 2 aliphatic rings.